The lowest BCUT2D eigenvalue weighted by atomic mass is 10.2. The lowest BCUT2D eigenvalue weighted by molar-refractivity contribution is -0.141. The second-order valence-electron chi connectivity index (χ2n) is 4.84. The zero-order chi connectivity index (χ0) is 18.2. The van der Waals surface area contributed by atoms with E-state index >= 15 is 0 Å². The number of nitrogens with one attached hydrogen (secondary N) is 3. The van der Waals surface area contributed by atoms with Gasteiger partial charge in [0, 0.05) is 5.75 Å². The van der Waals surface area contributed by atoms with Gasteiger partial charge < -0.3 is 31.9 Å². The number of aliphatic carboxylic acids is 1. The highest BCUT2D eigenvalue weighted by atomic mass is 32.1. The van der Waals surface area contributed by atoms with Crippen LogP contribution in [0.25, 0.3) is 0 Å². The Bertz CT molecular complexity index is 459. The van der Waals surface area contributed by atoms with E-state index in [4.69, 9.17) is 15.9 Å². The van der Waals surface area contributed by atoms with Crippen LogP contribution in [0, 0.1) is 0 Å². The Morgan fingerprint density at radius 2 is 1.52 bits per heavy atom. The highest BCUT2D eigenvalue weighted by molar-refractivity contribution is 7.80. The summed E-state index contributed by atoms with van der Waals surface area (Å²) < 4.78 is 0. The summed E-state index contributed by atoms with van der Waals surface area (Å²) in [5.41, 5.74) is 5.33. The Kier molecular flexibility index (Phi) is 9.22. The summed E-state index contributed by atoms with van der Waals surface area (Å²) in [5, 5.41) is 24.6. The number of carboxylic acids is 1. The van der Waals surface area contributed by atoms with Crippen molar-refractivity contribution >= 4 is 36.3 Å². The molecular formula is C12H22N4O6S. The molecule has 0 bridgehead atoms. The lowest BCUT2D eigenvalue weighted by Crippen LogP contribution is -2.57. The average Bonchev–Trinajstić information content (AvgIpc) is 2.48. The molecule has 3 amide bonds. The Hall–Kier alpha value is -1.85. The van der Waals surface area contributed by atoms with Crippen molar-refractivity contribution in [1.29, 1.82) is 0 Å². The van der Waals surface area contributed by atoms with Crippen molar-refractivity contribution < 1.29 is 29.4 Å². The van der Waals surface area contributed by atoms with Crippen molar-refractivity contribution in [1.82, 2.24) is 16.0 Å². The molecule has 0 aliphatic carbocycles. The van der Waals surface area contributed by atoms with E-state index in [1.165, 1.54) is 13.8 Å². The number of nitrogens with two attached hydrogens (primary N) is 1. The molecule has 0 aliphatic heterocycles. The lowest BCUT2D eigenvalue weighted by Gasteiger charge is -2.21. The Morgan fingerprint density at radius 3 is 1.91 bits per heavy atom. The van der Waals surface area contributed by atoms with Gasteiger partial charge in [0.2, 0.25) is 17.7 Å². The number of amides is 3. The third-order valence-corrected chi connectivity index (χ3v) is 3.14. The first-order chi connectivity index (χ1) is 10.6. The summed E-state index contributed by atoms with van der Waals surface area (Å²) >= 11 is 3.80. The number of rotatable bonds is 9. The predicted molar refractivity (Wildman–Crippen MR) is 83.7 cm³/mol. The largest absolute Gasteiger partial charge is 0.480 e. The number of thiol groups is 1. The van der Waals surface area contributed by atoms with Gasteiger partial charge in [0.25, 0.3) is 0 Å². The van der Waals surface area contributed by atoms with Gasteiger partial charge in [-0.15, -0.1) is 0 Å². The zero-order valence-corrected chi connectivity index (χ0v) is 13.7. The van der Waals surface area contributed by atoms with Crippen molar-refractivity contribution in [3.8, 4) is 0 Å². The maximum Gasteiger partial charge on any atom is 0.327 e. The number of carboxylic acid groups (broad SMARTS) is 1. The SMILES string of the molecule is CC(N)C(=O)NC(CO)C(=O)NC(C)C(=O)NC(CS)C(=O)O. The first-order valence-electron chi connectivity index (χ1n) is 6.75. The fraction of sp³-hybridized carbons (Fsp3) is 0.667. The van der Waals surface area contributed by atoms with Crippen LogP contribution >= 0.6 is 12.6 Å². The summed E-state index contributed by atoms with van der Waals surface area (Å²) in [7, 11) is 0. The Labute approximate surface area is 138 Å². The second-order valence-corrected chi connectivity index (χ2v) is 5.21. The normalized spacial score (nSPS) is 15.7. The molecule has 0 spiro atoms. The van der Waals surface area contributed by atoms with E-state index in [9.17, 15) is 19.2 Å². The molecule has 0 saturated heterocycles. The van der Waals surface area contributed by atoms with Gasteiger partial charge in [0.05, 0.1) is 12.6 Å². The molecule has 4 atom stereocenters. The molecule has 0 aliphatic rings. The van der Waals surface area contributed by atoms with Gasteiger partial charge >= 0.3 is 5.97 Å². The fourth-order valence-electron chi connectivity index (χ4n) is 1.36. The molecule has 0 radical (unpaired) electrons. The van der Waals surface area contributed by atoms with Crippen molar-refractivity contribution in [2.75, 3.05) is 12.4 Å². The second kappa shape index (κ2) is 10.0. The van der Waals surface area contributed by atoms with Crippen LogP contribution in [-0.2, 0) is 19.2 Å². The maximum atomic E-state index is 11.9. The monoisotopic (exact) mass is 350 g/mol. The van der Waals surface area contributed by atoms with Crippen LogP contribution in [0.5, 0.6) is 0 Å². The molecule has 0 fully saturated rings. The minimum absolute atomic E-state index is 0.120. The average molecular weight is 350 g/mol. The molecule has 0 aromatic rings. The number of hydrogen-bond acceptors (Lipinski definition) is 7. The van der Waals surface area contributed by atoms with E-state index in [0.717, 1.165) is 0 Å². The van der Waals surface area contributed by atoms with Gasteiger partial charge in [-0.2, -0.15) is 12.6 Å². The molecule has 7 N–H and O–H groups in total. The standard InChI is InChI=1S/C12H22N4O6S/c1-5(13)9(18)15-7(3-17)11(20)14-6(2)10(19)16-8(4-23)12(21)22/h5-8,17,23H,3-4,13H2,1-2H3,(H,14,20)(H,15,18)(H,16,19)(H,21,22). The smallest absolute Gasteiger partial charge is 0.327 e. The van der Waals surface area contributed by atoms with Crippen molar-refractivity contribution in [2.24, 2.45) is 5.73 Å². The van der Waals surface area contributed by atoms with E-state index in [0.29, 0.717) is 0 Å². The van der Waals surface area contributed by atoms with Crippen LogP contribution in [0.15, 0.2) is 0 Å². The molecule has 0 aromatic carbocycles. The van der Waals surface area contributed by atoms with E-state index in [1.54, 1.807) is 0 Å². The Balaban J connectivity index is 4.64. The first kappa shape index (κ1) is 21.1. The van der Waals surface area contributed by atoms with E-state index in [-0.39, 0.29) is 5.75 Å². The zero-order valence-electron chi connectivity index (χ0n) is 12.8. The van der Waals surface area contributed by atoms with Crippen LogP contribution in [0.1, 0.15) is 13.8 Å². The molecule has 132 valence electrons. The predicted octanol–water partition coefficient (Wildman–Crippen LogP) is -3.19. The molecule has 4 unspecified atom stereocenters. The van der Waals surface area contributed by atoms with Crippen LogP contribution in [-0.4, -0.2) is 70.4 Å². The summed E-state index contributed by atoms with van der Waals surface area (Å²) in [6.45, 7) is 2.04. The van der Waals surface area contributed by atoms with Crippen molar-refractivity contribution in [3.05, 3.63) is 0 Å². The molecule has 0 rings (SSSR count). The van der Waals surface area contributed by atoms with Gasteiger partial charge in [0.15, 0.2) is 0 Å². The van der Waals surface area contributed by atoms with Crippen molar-refractivity contribution in [3.63, 3.8) is 0 Å². The molecule has 0 aromatic heterocycles. The van der Waals surface area contributed by atoms with Crippen molar-refractivity contribution in [2.45, 2.75) is 38.0 Å². The highest BCUT2D eigenvalue weighted by Crippen LogP contribution is 1.93. The van der Waals surface area contributed by atoms with Gasteiger partial charge in [-0.05, 0) is 13.8 Å². The third kappa shape index (κ3) is 7.30. The summed E-state index contributed by atoms with van der Waals surface area (Å²) in [6, 6.07) is -4.42. The summed E-state index contributed by atoms with van der Waals surface area (Å²) in [4.78, 5) is 45.9. The minimum Gasteiger partial charge on any atom is -0.480 e. The number of carbonyl (C=O) groups is 4. The van der Waals surface area contributed by atoms with Gasteiger partial charge in [-0.3, -0.25) is 14.4 Å². The Morgan fingerprint density at radius 1 is 1.00 bits per heavy atom. The van der Waals surface area contributed by atoms with E-state index in [1.807, 2.05) is 0 Å². The fourth-order valence-corrected chi connectivity index (χ4v) is 1.61. The molecule has 11 heteroatoms. The highest BCUT2D eigenvalue weighted by Gasteiger charge is 2.26. The maximum absolute atomic E-state index is 11.9. The topological polar surface area (TPSA) is 171 Å². The van der Waals surface area contributed by atoms with E-state index < -0.39 is 54.5 Å². The molecule has 0 heterocycles. The quantitative estimate of drug-likeness (QED) is 0.215. The first-order valence-corrected chi connectivity index (χ1v) is 7.38. The minimum atomic E-state index is -1.27. The number of aliphatic hydroxyl groups is 1. The van der Waals surface area contributed by atoms with Crippen LogP contribution in [0.2, 0.25) is 0 Å². The van der Waals surface area contributed by atoms with Gasteiger partial charge in [-0.1, -0.05) is 0 Å². The number of aliphatic hydroxyl groups excluding tert-OH is 1. The number of hydrogen-bond donors (Lipinski definition) is 7. The van der Waals surface area contributed by atoms with Crippen LogP contribution in [0.4, 0.5) is 0 Å². The number of carbonyl (C=O) groups excluding carboxylic acids is 3. The molecule has 23 heavy (non-hydrogen) atoms. The molecule has 0 saturated carbocycles. The molecular weight excluding hydrogens is 328 g/mol. The van der Waals surface area contributed by atoms with Crippen LogP contribution in [0.3, 0.4) is 0 Å². The van der Waals surface area contributed by atoms with Gasteiger partial charge in [0.1, 0.15) is 18.1 Å². The van der Waals surface area contributed by atoms with E-state index in [2.05, 4.69) is 28.6 Å². The van der Waals surface area contributed by atoms with Crippen LogP contribution < -0.4 is 21.7 Å². The van der Waals surface area contributed by atoms with Gasteiger partial charge in [-0.25, -0.2) is 4.79 Å². The molecule has 10 nitrogen and oxygen atoms in total. The third-order valence-electron chi connectivity index (χ3n) is 2.78. The summed E-state index contributed by atoms with van der Waals surface area (Å²) in [6.07, 6.45) is 0. The summed E-state index contributed by atoms with van der Waals surface area (Å²) in [5.74, 6) is -3.57.